The molecule has 0 radical (unpaired) electrons. The van der Waals surface area contributed by atoms with E-state index in [1.165, 1.54) is 0 Å². The second-order valence-electron chi connectivity index (χ2n) is 6.90. The first-order chi connectivity index (χ1) is 13.7. The monoisotopic (exact) mass is 429 g/mol. The fourth-order valence-electron chi connectivity index (χ4n) is 3.71. The van der Waals surface area contributed by atoms with Gasteiger partial charge in [0, 0.05) is 5.56 Å². The van der Waals surface area contributed by atoms with E-state index in [1.54, 1.807) is 6.07 Å². The molecule has 0 N–H and O–H groups in total. The van der Waals surface area contributed by atoms with Gasteiger partial charge in [0.1, 0.15) is 12.5 Å². The zero-order valence-corrected chi connectivity index (χ0v) is 19.6. The third-order valence-corrected chi connectivity index (χ3v) is 5.33. The number of halogens is 1. The molecule has 4 rings (SSSR count). The SMILES string of the molecule is CCN(CC)COc1ccc2ccccc2c1-c1c([O-])ccc2ccccc12.[Cl-].[Mg+2]. The molecule has 0 aliphatic carbocycles. The molecule has 0 aliphatic rings. The van der Waals surface area contributed by atoms with Crippen LogP contribution in [0.25, 0.3) is 32.7 Å². The third-order valence-electron chi connectivity index (χ3n) is 5.33. The Kier molecular flexibility index (Phi) is 8.80. The molecule has 4 aromatic rings. The summed E-state index contributed by atoms with van der Waals surface area (Å²) >= 11 is 0. The maximum atomic E-state index is 13.0. The van der Waals surface area contributed by atoms with Crippen LogP contribution >= 0.6 is 0 Å². The minimum absolute atomic E-state index is 0. The van der Waals surface area contributed by atoms with Crippen molar-refractivity contribution in [2.24, 2.45) is 0 Å². The van der Waals surface area contributed by atoms with Gasteiger partial charge in [-0.1, -0.05) is 80.6 Å². The maximum absolute atomic E-state index is 13.0. The van der Waals surface area contributed by atoms with Crippen molar-refractivity contribution < 1.29 is 22.3 Å². The van der Waals surface area contributed by atoms with E-state index in [1.807, 2.05) is 48.5 Å². The van der Waals surface area contributed by atoms with Gasteiger partial charge in [-0.25, -0.2) is 0 Å². The molecule has 0 atom stereocenters. The Labute approximate surface area is 200 Å². The van der Waals surface area contributed by atoms with E-state index in [-0.39, 0.29) is 41.2 Å². The predicted octanol–water partition coefficient (Wildman–Crippen LogP) is 2.03. The minimum Gasteiger partial charge on any atom is -1.00 e. The first kappa shape index (κ1) is 24.3. The van der Waals surface area contributed by atoms with Crippen molar-refractivity contribution in [1.29, 1.82) is 0 Å². The number of hydrogen-bond acceptors (Lipinski definition) is 3. The zero-order valence-electron chi connectivity index (χ0n) is 17.4. The van der Waals surface area contributed by atoms with Gasteiger partial charge >= 0.3 is 23.1 Å². The van der Waals surface area contributed by atoms with Gasteiger partial charge in [0.05, 0.1) is 0 Å². The molecule has 0 aromatic heterocycles. The van der Waals surface area contributed by atoms with E-state index in [0.29, 0.717) is 12.3 Å². The summed E-state index contributed by atoms with van der Waals surface area (Å²) in [6, 6.07) is 23.8. The van der Waals surface area contributed by atoms with Gasteiger partial charge in [-0.05, 0) is 46.3 Å². The summed E-state index contributed by atoms with van der Waals surface area (Å²) in [4.78, 5) is 2.21. The first-order valence-electron chi connectivity index (χ1n) is 9.79. The zero-order chi connectivity index (χ0) is 19.5. The molecule has 30 heavy (non-hydrogen) atoms. The van der Waals surface area contributed by atoms with E-state index in [0.717, 1.165) is 45.9 Å². The smallest absolute Gasteiger partial charge is 1.00 e. The van der Waals surface area contributed by atoms with Crippen LogP contribution < -0.4 is 22.3 Å². The number of fused-ring (bicyclic) bond motifs is 2. The van der Waals surface area contributed by atoms with Crippen LogP contribution in [0.5, 0.6) is 11.5 Å². The molecule has 0 spiro atoms. The van der Waals surface area contributed by atoms with E-state index >= 15 is 0 Å². The van der Waals surface area contributed by atoms with E-state index < -0.39 is 0 Å². The summed E-state index contributed by atoms with van der Waals surface area (Å²) < 4.78 is 6.23. The first-order valence-corrected chi connectivity index (χ1v) is 9.79. The van der Waals surface area contributed by atoms with Crippen molar-refractivity contribution in [2.45, 2.75) is 13.8 Å². The summed E-state index contributed by atoms with van der Waals surface area (Å²) in [7, 11) is 0. The molecule has 0 fully saturated rings. The van der Waals surface area contributed by atoms with Crippen molar-refractivity contribution in [3.8, 4) is 22.6 Å². The fraction of sp³-hybridized carbons (Fsp3) is 0.200. The van der Waals surface area contributed by atoms with Gasteiger partial charge in [-0.2, -0.15) is 0 Å². The van der Waals surface area contributed by atoms with E-state index in [2.05, 4.69) is 36.9 Å². The molecule has 0 aliphatic heterocycles. The minimum atomic E-state index is 0. The van der Waals surface area contributed by atoms with Gasteiger partial charge in [-0.15, -0.1) is 5.75 Å². The average molecular weight is 430 g/mol. The standard InChI is InChI=1S/C25H25NO2.ClH.Mg/c1-3-26(4-2)17-28-23-16-14-19-10-6-8-12-21(19)25(23)24-20-11-7-5-9-18(20)13-15-22(24)27;;/h5-16,27H,3-4,17H2,1-2H3;1H;/q;;+2/p-2. The van der Waals surface area contributed by atoms with Gasteiger partial charge in [0.25, 0.3) is 0 Å². The summed E-state index contributed by atoms with van der Waals surface area (Å²) in [5.74, 6) is 0.766. The van der Waals surface area contributed by atoms with E-state index in [4.69, 9.17) is 4.74 Å². The normalized spacial score (nSPS) is 10.6. The molecule has 0 saturated carbocycles. The third kappa shape index (κ3) is 4.67. The molecule has 0 saturated heterocycles. The van der Waals surface area contributed by atoms with Gasteiger partial charge in [0.2, 0.25) is 0 Å². The van der Waals surface area contributed by atoms with Gasteiger partial charge in [-0.3, -0.25) is 4.90 Å². The van der Waals surface area contributed by atoms with Crippen molar-refractivity contribution in [3.63, 3.8) is 0 Å². The molecule has 0 unspecified atom stereocenters. The number of nitrogens with zero attached hydrogens (tertiary/aromatic N) is 1. The Balaban J connectivity index is 0.00000160. The quantitative estimate of drug-likeness (QED) is 0.347. The second-order valence-corrected chi connectivity index (χ2v) is 6.90. The summed E-state index contributed by atoms with van der Waals surface area (Å²) in [5.41, 5.74) is 1.59. The number of rotatable bonds is 6. The molecule has 5 heteroatoms. The fourth-order valence-corrected chi connectivity index (χ4v) is 3.71. The molecule has 3 nitrogen and oxygen atoms in total. The maximum Gasteiger partial charge on any atom is 2.00 e. The van der Waals surface area contributed by atoms with Crippen LogP contribution in [-0.2, 0) is 0 Å². The Hall–Kier alpha value is -1.98. The van der Waals surface area contributed by atoms with Crippen LogP contribution in [0.15, 0.2) is 72.8 Å². The molecular weight excluding hydrogens is 406 g/mol. The van der Waals surface area contributed by atoms with Crippen molar-refractivity contribution in [3.05, 3.63) is 72.8 Å². The molecule has 4 aromatic carbocycles. The van der Waals surface area contributed by atoms with Crippen LogP contribution in [0.3, 0.4) is 0 Å². The van der Waals surface area contributed by atoms with Crippen LogP contribution in [0, 0.1) is 0 Å². The predicted molar refractivity (Wildman–Crippen MR) is 121 cm³/mol. The van der Waals surface area contributed by atoms with Gasteiger partial charge in [0.15, 0.2) is 0 Å². The van der Waals surface area contributed by atoms with Crippen LogP contribution in [0.1, 0.15) is 13.8 Å². The van der Waals surface area contributed by atoms with Crippen LogP contribution in [0.4, 0.5) is 0 Å². The summed E-state index contributed by atoms with van der Waals surface area (Å²) in [6.45, 7) is 6.57. The Morgan fingerprint density at radius 2 is 1.27 bits per heavy atom. The molecule has 0 heterocycles. The Bertz CT molecular complexity index is 1130. The second kappa shape index (κ2) is 10.9. The largest absolute Gasteiger partial charge is 2.00 e. The molecule has 0 amide bonds. The number of hydrogen-bond donors (Lipinski definition) is 0. The van der Waals surface area contributed by atoms with Gasteiger partial charge < -0.3 is 22.3 Å². The Morgan fingerprint density at radius 1 is 0.733 bits per heavy atom. The van der Waals surface area contributed by atoms with Crippen LogP contribution in [0.2, 0.25) is 0 Å². The van der Waals surface area contributed by atoms with Crippen molar-refractivity contribution in [1.82, 2.24) is 4.90 Å². The topological polar surface area (TPSA) is 35.5 Å². The molecule has 0 bridgehead atoms. The van der Waals surface area contributed by atoms with Crippen LogP contribution in [-0.4, -0.2) is 47.8 Å². The number of ether oxygens (including phenoxy) is 1. The van der Waals surface area contributed by atoms with E-state index in [9.17, 15) is 5.11 Å². The summed E-state index contributed by atoms with van der Waals surface area (Å²) in [5, 5.41) is 17.2. The molecular formula is C25H24ClMgNO2. The average Bonchev–Trinajstić information content (AvgIpc) is 2.74. The Morgan fingerprint density at radius 3 is 1.87 bits per heavy atom. The summed E-state index contributed by atoms with van der Waals surface area (Å²) in [6.07, 6.45) is 0. The van der Waals surface area contributed by atoms with Crippen molar-refractivity contribution in [2.75, 3.05) is 19.8 Å². The molecule has 150 valence electrons. The number of benzene rings is 4. The van der Waals surface area contributed by atoms with Crippen molar-refractivity contribution >= 4 is 44.6 Å².